The van der Waals surface area contributed by atoms with Crippen LogP contribution in [0.2, 0.25) is 0 Å². The lowest BCUT2D eigenvalue weighted by molar-refractivity contribution is 1.32. The summed E-state index contributed by atoms with van der Waals surface area (Å²) in [7, 11) is 0. The molecule has 0 radical (unpaired) electrons. The average Bonchev–Trinajstić information content (AvgIpc) is 3.74. The first-order valence-electron chi connectivity index (χ1n) is 21.3. The van der Waals surface area contributed by atoms with Gasteiger partial charge in [0, 0.05) is 31.2 Å². The van der Waals surface area contributed by atoms with Crippen molar-refractivity contribution >= 4 is 80.9 Å². The first-order valence-corrected chi connectivity index (χ1v) is 22.1. The van der Waals surface area contributed by atoms with Crippen molar-refractivity contribution in [3.05, 3.63) is 237 Å². The third kappa shape index (κ3) is 5.99. The van der Waals surface area contributed by atoms with Gasteiger partial charge in [-0.2, -0.15) is 0 Å². The summed E-state index contributed by atoms with van der Waals surface area (Å²) in [4.78, 5) is 2.48. The minimum absolute atomic E-state index is 1.11. The van der Waals surface area contributed by atoms with Crippen LogP contribution in [0.5, 0.6) is 0 Å². The standard InChI is InChI=1S/C60H39NS/c1-4-17-41(18-5-1)46-37-38-54(50-25-12-10-23-47(46)50)61(55-28-16-30-57-60(55)52-27-14-15-29-56(52)62-57)45-34-31-40(32-35-45)44-33-36-49-48-24-11-13-26-51(48)58(42-19-6-2-7-20-42)59(53(49)39-44)43-21-8-3-9-22-43/h1-39H. The number of hydrogen-bond donors (Lipinski definition) is 0. The largest absolute Gasteiger partial charge is 0.309 e. The van der Waals surface area contributed by atoms with Crippen molar-refractivity contribution in [1.82, 2.24) is 0 Å². The van der Waals surface area contributed by atoms with E-state index < -0.39 is 0 Å². The van der Waals surface area contributed by atoms with Crippen molar-refractivity contribution in [2.45, 2.75) is 0 Å². The van der Waals surface area contributed by atoms with Gasteiger partial charge in [0.1, 0.15) is 0 Å². The van der Waals surface area contributed by atoms with Crippen LogP contribution in [0.1, 0.15) is 0 Å². The van der Waals surface area contributed by atoms with E-state index in [1.54, 1.807) is 0 Å². The summed E-state index contributed by atoms with van der Waals surface area (Å²) in [6.07, 6.45) is 0. The zero-order valence-corrected chi connectivity index (χ0v) is 34.7. The van der Waals surface area contributed by atoms with Crippen molar-refractivity contribution in [3.8, 4) is 44.5 Å². The van der Waals surface area contributed by atoms with Crippen LogP contribution < -0.4 is 4.90 Å². The second-order valence-electron chi connectivity index (χ2n) is 16.0. The first kappa shape index (κ1) is 36.1. The van der Waals surface area contributed by atoms with Gasteiger partial charge >= 0.3 is 0 Å². The minimum Gasteiger partial charge on any atom is -0.309 e. The number of fused-ring (bicyclic) bond motifs is 7. The summed E-state index contributed by atoms with van der Waals surface area (Å²) >= 11 is 1.86. The van der Waals surface area contributed by atoms with Crippen LogP contribution in [0, 0.1) is 0 Å². The Hall–Kier alpha value is -7.78. The van der Waals surface area contributed by atoms with Crippen LogP contribution in [0.25, 0.3) is 97.0 Å². The van der Waals surface area contributed by atoms with Crippen molar-refractivity contribution < 1.29 is 0 Å². The van der Waals surface area contributed by atoms with Crippen molar-refractivity contribution in [2.24, 2.45) is 0 Å². The lowest BCUT2D eigenvalue weighted by atomic mass is 9.84. The Kier molecular flexibility index (Phi) is 8.76. The highest BCUT2D eigenvalue weighted by Gasteiger charge is 2.22. The fraction of sp³-hybridized carbons (Fsp3) is 0. The van der Waals surface area contributed by atoms with Gasteiger partial charge in [0.05, 0.1) is 11.4 Å². The quantitative estimate of drug-likeness (QED) is 0.145. The zero-order chi connectivity index (χ0) is 41.0. The molecule has 0 spiro atoms. The molecule has 2 heteroatoms. The minimum atomic E-state index is 1.11. The Morgan fingerprint density at radius 2 is 0.806 bits per heavy atom. The number of thiophene rings is 1. The number of rotatable bonds is 7. The molecule has 0 saturated heterocycles. The van der Waals surface area contributed by atoms with Crippen LogP contribution in [0.15, 0.2) is 237 Å². The van der Waals surface area contributed by atoms with E-state index in [-0.39, 0.29) is 0 Å². The molecule has 0 fully saturated rings. The predicted molar refractivity (Wildman–Crippen MR) is 268 cm³/mol. The molecule has 0 atom stereocenters. The van der Waals surface area contributed by atoms with E-state index in [1.165, 1.54) is 103 Å². The number of anilines is 3. The first-order chi connectivity index (χ1) is 30.8. The molecular weight excluding hydrogens is 767 g/mol. The van der Waals surface area contributed by atoms with Gasteiger partial charge in [-0.15, -0.1) is 11.3 Å². The normalized spacial score (nSPS) is 11.5. The fourth-order valence-corrected chi connectivity index (χ4v) is 10.8. The molecule has 0 unspecified atom stereocenters. The molecule has 12 rings (SSSR count). The van der Waals surface area contributed by atoms with Crippen molar-refractivity contribution in [1.29, 1.82) is 0 Å². The van der Waals surface area contributed by atoms with E-state index in [9.17, 15) is 0 Å². The molecule has 0 bridgehead atoms. The van der Waals surface area contributed by atoms with Gasteiger partial charge in [0.25, 0.3) is 0 Å². The monoisotopic (exact) mass is 805 g/mol. The molecule has 12 aromatic rings. The Morgan fingerprint density at radius 3 is 1.52 bits per heavy atom. The van der Waals surface area contributed by atoms with Gasteiger partial charge in [0.15, 0.2) is 0 Å². The third-order valence-corrected chi connectivity index (χ3v) is 13.6. The van der Waals surface area contributed by atoms with Crippen LogP contribution >= 0.6 is 11.3 Å². The smallest absolute Gasteiger partial charge is 0.0555 e. The second-order valence-corrected chi connectivity index (χ2v) is 17.0. The van der Waals surface area contributed by atoms with Gasteiger partial charge in [-0.3, -0.25) is 0 Å². The highest BCUT2D eigenvalue weighted by atomic mass is 32.1. The molecule has 0 saturated carbocycles. The van der Waals surface area contributed by atoms with Crippen LogP contribution in [0.3, 0.4) is 0 Å². The van der Waals surface area contributed by atoms with Gasteiger partial charge in [-0.1, -0.05) is 194 Å². The Labute approximate surface area is 365 Å². The second kappa shape index (κ2) is 15.0. The maximum absolute atomic E-state index is 2.48. The third-order valence-electron chi connectivity index (χ3n) is 12.5. The van der Waals surface area contributed by atoms with Crippen LogP contribution in [0.4, 0.5) is 17.1 Å². The Bertz CT molecular complexity index is 3610. The van der Waals surface area contributed by atoms with Crippen LogP contribution in [-0.4, -0.2) is 0 Å². The topological polar surface area (TPSA) is 3.24 Å². The summed E-state index contributed by atoms with van der Waals surface area (Å²) in [5.74, 6) is 0. The van der Waals surface area contributed by atoms with E-state index in [0.29, 0.717) is 0 Å². The Morgan fingerprint density at radius 1 is 0.274 bits per heavy atom. The van der Waals surface area contributed by atoms with E-state index in [4.69, 9.17) is 0 Å². The molecule has 1 nitrogen and oxygen atoms in total. The molecule has 1 aromatic heterocycles. The van der Waals surface area contributed by atoms with E-state index in [2.05, 4.69) is 241 Å². The molecule has 290 valence electrons. The highest BCUT2D eigenvalue weighted by Crippen LogP contribution is 2.49. The molecule has 0 aliphatic heterocycles. The molecular formula is C60H39NS. The fourth-order valence-electron chi connectivity index (χ4n) is 9.68. The Balaban J connectivity index is 1.06. The van der Waals surface area contributed by atoms with E-state index in [1.807, 2.05) is 11.3 Å². The maximum Gasteiger partial charge on any atom is 0.0555 e. The molecule has 1 heterocycles. The summed E-state index contributed by atoms with van der Waals surface area (Å²) < 4.78 is 2.58. The van der Waals surface area contributed by atoms with Gasteiger partial charge < -0.3 is 4.90 Å². The lowest BCUT2D eigenvalue weighted by Gasteiger charge is -2.28. The number of benzene rings is 11. The molecule has 0 aliphatic rings. The van der Waals surface area contributed by atoms with E-state index >= 15 is 0 Å². The maximum atomic E-state index is 2.48. The summed E-state index contributed by atoms with van der Waals surface area (Å²) in [6, 6.07) is 86.7. The summed E-state index contributed by atoms with van der Waals surface area (Å²) in [5, 5.41) is 10.0. The molecule has 0 amide bonds. The SMILES string of the molecule is c1ccc(-c2ccc(N(c3ccc(-c4ccc5c(c4)c(-c4ccccc4)c(-c4ccccc4)c4ccccc45)cc3)c3cccc4sc5ccccc5c34)c3ccccc23)cc1. The number of nitrogens with zero attached hydrogens (tertiary/aromatic N) is 1. The predicted octanol–water partition coefficient (Wildman–Crippen LogP) is 17.7. The highest BCUT2D eigenvalue weighted by molar-refractivity contribution is 7.26. The number of hydrogen-bond acceptors (Lipinski definition) is 2. The summed E-state index contributed by atoms with van der Waals surface area (Å²) in [5.41, 5.74) is 13.2. The molecule has 0 aliphatic carbocycles. The van der Waals surface area contributed by atoms with Gasteiger partial charge in [0.2, 0.25) is 0 Å². The molecule has 11 aromatic carbocycles. The van der Waals surface area contributed by atoms with Gasteiger partial charge in [-0.25, -0.2) is 0 Å². The average molecular weight is 806 g/mol. The molecule has 62 heavy (non-hydrogen) atoms. The lowest BCUT2D eigenvalue weighted by Crippen LogP contribution is -2.11. The van der Waals surface area contributed by atoms with E-state index in [0.717, 1.165) is 11.4 Å². The zero-order valence-electron chi connectivity index (χ0n) is 33.9. The molecule has 0 N–H and O–H groups in total. The summed E-state index contributed by atoms with van der Waals surface area (Å²) in [6.45, 7) is 0. The van der Waals surface area contributed by atoms with Crippen molar-refractivity contribution in [2.75, 3.05) is 4.90 Å². The van der Waals surface area contributed by atoms with Crippen LogP contribution in [-0.2, 0) is 0 Å². The van der Waals surface area contributed by atoms with Gasteiger partial charge in [-0.05, 0) is 114 Å². The van der Waals surface area contributed by atoms with Crippen molar-refractivity contribution in [3.63, 3.8) is 0 Å².